The van der Waals surface area contributed by atoms with E-state index in [1.54, 1.807) is 31.4 Å². The van der Waals surface area contributed by atoms with Gasteiger partial charge in [-0.2, -0.15) is 0 Å². The molecule has 0 bridgehead atoms. The third kappa shape index (κ3) is 4.92. The van der Waals surface area contributed by atoms with E-state index in [9.17, 15) is 4.79 Å². The highest BCUT2D eigenvalue weighted by atomic mass is 35.5. The zero-order chi connectivity index (χ0) is 20.1. The van der Waals surface area contributed by atoms with Crippen LogP contribution in [-0.2, 0) is 16.1 Å². The van der Waals surface area contributed by atoms with Crippen molar-refractivity contribution in [1.29, 1.82) is 0 Å². The number of nitrogens with one attached hydrogen (secondary N) is 1. The summed E-state index contributed by atoms with van der Waals surface area (Å²) in [5, 5.41) is 4.02. The zero-order valence-corrected chi connectivity index (χ0v) is 17.2. The van der Waals surface area contributed by atoms with Crippen LogP contribution < -0.4 is 10.1 Å². The lowest BCUT2D eigenvalue weighted by Crippen LogP contribution is -2.32. The molecule has 1 aromatic heterocycles. The standard InChI is InChI=1S/C20H21ClN2O4S/c1-13-10-14(6-7-17(13)21)26-12-16-5-4-15(27-16)11-18-19(24)23(20(28)22-18)8-3-9-25-2/h4-7,10-11H,3,8-9,12H2,1-2H3,(H,22,28)/b18-11+. The number of aryl methyl sites for hydroxylation is 1. The molecular formula is C20H21ClN2O4S. The largest absolute Gasteiger partial charge is 0.486 e. The molecule has 0 unspecified atom stereocenters. The number of hydrogen-bond acceptors (Lipinski definition) is 5. The van der Waals surface area contributed by atoms with Crippen LogP contribution >= 0.6 is 23.8 Å². The van der Waals surface area contributed by atoms with E-state index in [1.165, 1.54) is 4.90 Å². The normalized spacial score (nSPS) is 15.4. The summed E-state index contributed by atoms with van der Waals surface area (Å²) in [7, 11) is 1.63. The Balaban J connectivity index is 1.61. The second-order valence-electron chi connectivity index (χ2n) is 6.30. The number of nitrogens with zero attached hydrogens (tertiary/aromatic N) is 1. The number of carbonyl (C=O) groups excluding carboxylic acids is 1. The third-order valence-corrected chi connectivity index (χ3v) is 4.92. The lowest BCUT2D eigenvalue weighted by atomic mass is 10.2. The van der Waals surface area contributed by atoms with Gasteiger partial charge in [0.15, 0.2) is 5.11 Å². The highest BCUT2D eigenvalue weighted by Crippen LogP contribution is 2.22. The van der Waals surface area contributed by atoms with Gasteiger partial charge >= 0.3 is 0 Å². The van der Waals surface area contributed by atoms with Crippen molar-refractivity contribution in [3.63, 3.8) is 0 Å². The van der Waals surface area contributed by atoms with E-state index >= 15 is 0 Å². The molecule has 2 aromatic rings. The van der Waals surface area contributed by atoms with Crippen LogP contribution in [0.2, 0.25) is 5.02 Å². The van der Waals surface area contributed by atoms with Crippen LogP contribution in [0.25, 0.3) is 6.08 Å². The van der Waals surface area contributed by atoms with E-state index < -0.39 is 0 Å². The molecule has 0 aliphatic carbocycles. The Kier molecular flexibility index (Phi) is 6.72. The van der Waals surface area contributed by atoms with E-state index in [2.05, 4.69) is 5.32 Å². The molecule has 1 aromatic carbocycles. The summed E-state index contributed by atoms with van der Waals surface area (Å²) in [6, 6.07) is 9.06. The molecule has 1 aliphatic heterocycles. The minimum atomic E-state index is -0.174. The Hall–Kier alpha value is -2.35. The summed E-state index contributed by atoms with van der Waals surface area (Å²) in [5.41, 5.74) is 1.33. The van der Waals surface area contributed by atoms with Gasteiger partial charge in [-0.1, -0.05) is 11.6 Å². The molecule has 8 heteroatoms. The van der Waals surface area contributed by atoms with Gasteiger partial charge in [-0.3, -0.25) is 9.69 Å². The quantitative estimate of drug-likeness (QED) is 0.397. The Morgan fingerprint density at radius 2 is 2.14 bits per heavy atom. The fraction of sp³-hybridized carbons (Fsp3) is 0.300. The number of furan rings is 1. The van der Waals surface area contributed by atoms with Gasteiger partial charge < -0.3 is 19.2 Å². The Morgan fingerprint density at radius 3 is 2.89 bits per heavy atom. The van der Waals surface area contributed by atoms with Crippen molar-refractivity contribution in [3.05, 3.63) is 58.1 Å². The van der Waals surface area contributed by atoms with Gasteiger partial charge in [0.05, 0.1) is 0 Å². The van der Waals surface area contributed by atoms with Crippen molar-refractivity contribution in [3.8, 4) is 5.75 Å². The average molecular weight is 421 g/mol. The monoisotopic (exact) mass is 420 g/mol. The molecule has 1 saturated heterocycles. The smallest absolute Gasteiger partial charge is 0.276 e. The fourth-order valence-electron chi connectivity index (χ4n) is 2.70. The fourth-order valence-corrected chi connectivity index (χ4v) is 3.10. The van der Waals surface area contributed by atoms with Crippen LogP contribution in [-0.4, -0.2) is 36.2 Å². The molecule has 2 heterocycles. The van der Waals surface area contributed by atoms with Crippen molar-refractivity contribution in [1.82, 2.24) is 10.2 Å². The summed E-state index contributed by atoms with van der Waals surface area (Å²) in [6.07, 6.45) is 2.35. The molecule has 0 saturated carbocycles. The number of methoxy groups -OCH3 is 1. The summed E-state index contributed by atoms with van der Waals surface area (Å²) >= 11 is 11.3. The van der Waals surface area contributed by atoms with Crippen molar-refractivity contribution in [2.24, 2.45) is 0 Å². The number of carbonyl (C=O) groups is 1. The lowest BCUT2D eigenvalue weighted by Gasteiger charge is -2.12. The van der Waals surface area contributed by atoms with Gasteiger partial charge in [0, 0.05) is 31.4 Å². The van der Waals surface area contributed by atoms with E-state index in [-0.39, 0.29) is 12.5 Å². The summed E-state index contributed by atoms with van der Waals surface area (Å²) in [6.45, 7) is 3.27. The maximum absolute atomic E-state index is 12.5. The molecule has 0 atom stereocenters. The highest BCUT2D eigenvalue weighted by molar-refractivity contribution is 7.80. The first kappa shape index (κ1) is 20.4. The lowest BCUT2D eigenvalue weighted by molar-refractivity contribution is -0.122. The van der Waals surface area contributed by atoms with Crippen LogP contribution in [0.1, 0.15) is 23.5 Å². The first-order chi connectivity index (χ1) is 13.5. The van der Waals surface area contributed by atoms with Gasteiger partial charge in [-0.25, -0.2) is 0 Å². The highest BCUT2D eigenvalue weighted by Gasteiger charge is 2.30. The van der Waals surface area contributed by atoms with Crippen molar-refractivity contribution >= 4 is 40.9 Å². The van der Waals surface area contributed by atoms with E-state index in [1.807, 2.05) is 19.1 Å². The van der Waals surface area contributed by atoms with Gasteiger partial charge in [0.1, 0.15) is 29.6 Å². The van der Waals surface area contributed by atoms with E-state index in [4.69, 9.17) is 37.7 Å². The van der Waals surface area contributed by atoms with E-state index in [0.717, 1.165) is 5.56 Å². The molecule has 28 heavy (non-hydrogen) atoms. The summed E-state index contributed by atoms with van der Waals surface area (Å²) in [4.78, 5) is 14.0. The average Bonchev–Trinajstić information content (AvgIpc) is 3.22. The molecule has 3 rings (SSSR count). The van der Waals surface area contributed by atoms with Gasteiger partial charge in [0.25, 0.3) is 5.91 Å². The van der Waals surface area contributed by atoms with E-state index in [0.29, 0.717) is 52.7 Å². The first-order valence-corrected chi connectivity index (χ1v) is 9.57. The Morgan fingerprint density at radius 1 is 1.32 bits per heavy atom. The molecule has 1 aliphatic rings. The maximum Gasteiger partial charge on any atom is 0.276 e. The second kappa shape index (κ2) is 9.23. The molecule has 1 fully saturated rings. The topological polar surface area (TPSA) is 63.9 Å². The molecule has 6 nitrogen and oxygen atoms in total. The van der Waals surface area contributed by atoms with Gasteiger partial charge in [-0.15, -0.1) is 0 Å². The predicted molar refractivity (Wildman–Crippen MR) is 111 cm³/mol. The number of thiocarbonyl (C=S) groups is 1. The van der Waals surface area contributed by atoms with Gasteiger partial charge in [0.2, 0.25) is 0 Å². The SMILES string of the molecule is COCCCN1C(=O)/C(=C\c2ccc(COc3ccc(Cl)c(C)c3)o2)NC1=S. The van der Waals surface area contributed by atoms with Crippen LogP contribution in [0.4, 0.5) is 0 Å². The molecule has 148 valence electrons. The summed E-state index contributed by atoms with van der Waals surface area (Å²) in [5.74, 6) is 1.72. The molecular weight excluding hydrogens is 400 g/mol. The zero-order valence-electron chi connectivity index (χ0n) is 15.7. The van der Waals surface area contributed by atoms with Crippen LogP contribution in [0, 0.1) is 6.92 Å². The van der Waals surface area contributed by atoms with Crippen LogP contribution in [0.3, 0.4) is 0 Å². The number of amides is 1. The first-order valence-electron chi connectivity index (χ1n) is 8.79. The van der Waals surface area contributed by atoms with Crippen molar-refractivity contribution in [2.45, 2.75) is 20.0 Å². The maximum atomic E-state index is 12.5. The molecule has 0 spiro atoms. The Labute approximate surface area is 174 Å². The van der Waals surface area contributed by atoms with Crippen molar-refractivity contribution in [2.75, 3.05) is 20.3 Å². The van der Waals surface area contributed by atoms with Crippen LogP contribution in [0.15, 0.2) is 40.4 Å². The second-order valence-corrected chi connectivity index (χ2v) is 7.09. The minimum Gasteiger partial charge on any atom is -0.486 e. The number of rotatable bonds is 8. The molecule has 1 N–H and O–H groups in total. The number of hydrogen-bond donors (Lipinski definition) is 1. The minimum absolute atomic E-state index is 0.174. The Bertz CT molecular complexity index is 909. The molecule has 0 radical (unpaired) electrons. The van der Waals surface area contributed by atoms with Crippen molar-refractivity contribution < 1.29 is 18.7 Å². The number of halogens is 1. The number of benzene rings is 1. The molecule has 1 amide bonds. The number of ether oxygens (including phenoxy) is 2. The summed E-state index contributed by atoms with van der Waals surface area (Å²) < 4.78 is 16.5. The third-order valence-electron chi connectivity index (χ3n) is 4.17. The van der Waals surface area contributed by atoms with Crippen LogP contribution in [0.5, 0.6) is 5.75 Å². The van der Waals surface area contributed by atoms with Gasteiger partial charge in [-0.05, 0) is 61.5 Å². The predicted octanol–water partition coefficient (Wildman–Crippen LogP) is 3.91.